The molecule has 0 spiro atoms. The van der Waals surface area contributed by atoms with Crippen LogP contribution in [0, 0.1) is 0 Å². The van der Waals surface area contributed by atoms with Crippen LogP contribution in [0.15, 0.2) is 39.4 Å². The highest BCUT2D eigenvalue weighted by atomic mass is 32.1. The van der Waals surface area contributed by atoms with Crippen molar-refractivity contribution in [2.24, 2.45) is 5.10 Å². The Morgan fingerprint density at radius 2 is 2.24 bits per heavy atom. The van der Waals surface area contributed by atoms with Gasteiger partial charge in [0.05, 0.1) is 6.21 Å². The summed E-state index contributed by atoms with van der Waals surface area (Å²) in [4.78, 5) is 14.9. The van der Waals surface area contributed by atoms with Gasteiger partial charge in [-0.25, -0.2) is 10.1 Å². The van der Waals surface area contributed by atoms with Gasteiger partial charge in [0.15, 0.2) is 0 Å². The van der Waals surface area contributed by atoms with E-state index in [4.69, 9.17) is 5.73 Å². The zero-order chi connectivity index (χ0) is 14.7. The second-order valence-corrected chi connectivity index (χ2v) is 5.94. The van der Waals surface area contributed by atoms with Gasteiger partial charge in [0, 0.05) is 14.6 Å². The van der Waals surface area contributed by atoms with Crippen LogP contribution in [-0.2, 0) is 0 Å². The van der Waals surface area contributed by atoms with Gasteiger partial charge in [0.2, 0.25) is 11.5 Å². The topological polar surface area (TPSA) is 106 Å². The number of amides is 1. The van der Waals surface area contributed by atoms with Crippen LogP contribution in [0.5, 0.6) is 0 Å². The zero-order valence-corrected chi connectivity index (χ0v) is 12.1. The first-order valence-electron chi connectivity index (χ1n) is 5.79. The summed E-state index contributed by atoms with van der Waals surface area (Å²) in [5.74, 6) is -0.640. The van der Waals surface area contributed by atoms with Crippen LogP contribution in [0.2, 0.25) is 0 Å². The molecule has 7 nitrogen and oxygen atoms in total. The molecule has 0 unspecified atom stereocenters. The Bertz CT molecular complexity index is 775. The summed E-state index contributed by atoms with van der Waals surface area (Å²) < 4.78 is 4.34. The summed E-state index contributed by atoms with van der Waals surface area (Å²) >= 11 is 3.26. The maximum atomic E-state index is 11.6. The molecule has 3 rings (SSSR count). The molecule has 0 aliphatic heterocycles. The van der Waals surface area contributed by atoms with Crippen LogP contribution >= 0.6 is 22.7 Å². The zero-order valence-electron chi connectivity index (χ0n) is 10.5. The van der Waals surface area contributed by atoms with E-state index in [1.807, 2.05) is 23.6 Å². The van der Waals surface area contributed by atoms with Gasteiger partial charge in [0.1, 0.15) is 0 Å². The molecule has 3 aromatic heterocycles. The number of nitrogens with zero attached hydrogens (tertiary/aromatic N) is 3. The second-order valence-electron chi connectivity index (χ2n) is 3.88. The molecule has 0 fully saturated rings. The predicted molar refractivity (Wildman–Crippen MR) is 81.4 cm³/mol. The van der Waals surface area contributed by atoms with Crippen molar-refractivity contribution in [3.63, 3.8) is 0 Å². The number of aromatic nitrogens is 2. The Morgan fingerprint density at radius 3 is 2.95 bits per heavy atom. The molecule has 0 saturated heterocycles. The molecule has 3 aromatic rings. The third-order valence-electron chi connectivity index (χ3n) is 2.48. The third-order valence-corrected chi connectivity index (χ3v) is 4.56. The summed E-state index contributed by atoms with van der Waals surface area (Å²) in [6.07, 6.45) is 1.56. The average Bonchev–Trinajstić information content (AvgIpc) is 3.19. The number of nitrogen functional groups attached to an aromatic ring is 1. The fourth-order valence-corrected chi connectivity index (χ4v) is 3.25. The SMILES string of the molecule is Nc1nonc1C(=O)N/N=C\c1ccc(-c2cccs2)s1. The van der Waals surface area contributed by atoms with Crippen molar-refractivity contribution in [2.45, 2.75) is 0 Å². The van der Waals surface area contributed by atoms with Crippen molar-refractivity contribution in [3.05, 3.63) is 40.2 Å². The molecular formula is C12H9N5O2S2. The fourth-order valence-electron chi connectivity index (χ4n) is 1.53. The lowest BCUT2D eigenvalue weighted by molar-refractivity contribution is 0.0946. The standard InChI is InChI=1S/C12H9N5O2S2/c13-11-10(16-19-17-11)12(18)15-14-6-7-3-4-9(21-7)8-2-1-5-20-8/h1-6H,(H2,13,17)(H,15,18)/b14-6-. The van der Waals surface area contributed by atoms with Crippen LogP contribution in [0.1, 0.15) is 15.4 Å². The number of anilines is 1. The van der Waals surface area contributed by atoms with Gasteiger partial charge >= 0.3 is 0 Å². The number of carbonyl (C=O) groups excluding carboxylic acids is 1. The van der Waals surface area contributed by atoms with E-state index in [9.17, 15) is 4.79 Å². The number of rotatable bonds is 4. The van der Waals surface area contributed by atoms with E-state index in [2.05, 4.69) is 31.5 Å². The Labute approximate surface area is 127 Å². The third kappa shape index (κ3) is 2.98. The Balaban J connectivity index is 1.64. The van der Waals surface area contributed by atoms with Gasteiger partial charge in [-0.3, -0.25) is 4.79 Å². The normalized spacial score (nSPS) is 11.0. The van der Waals surface area contributed by atoms with E-state index < -0.39 is 5.91 Å². The van der Waals surface area contributed by atoms with Gasteiger partial charge < -0.3 is 5.73 Å². The lowest BCUT2D eigenvalue weighted by atomic mass is 10.4. The largest absolute Gasteiger partial charge is 0.379 e. The van der Waals surface area contributed by atoms with Gasteiger partial charge in [-0.1, -0.05) is 6.07 Å². The first-order valence-corrected chi connectivity index (χ1v) is 7.49. The molecule has 9 heteroatoms. The molecule has 0 aliphatic carbocycles. The van der Waals surface area contributed by atoms with Crippen LogP contribution in [0.3, 0.4) is 0 Å². The van der Waals surface area contributed by atoms with Crippen LogP contribution in [0.4, 0.5) is 5.82 Å². The van der Waals surface area contributed by atoms with Crippen molar-refractivity contribution in [1.82, 2.24) is 15.7 Å². The molecule has 0 atom stereocenters. The van der Waals surface area contributed by atoms with E-state index in [0.717, 1.165) is 9.75 Å². The number of thiophene rings is 2. The van der Waals surface area contributed by atoms with Crippen LogP contribution in [-0.4, -0.2) is 22.4 Å². The molecule has 3 heterocycles. The molecule has 1 amide bonds. The molecular weight excluding hydrogens is 310 g/mol. The second kappa shape index (κ2) is 5.85. The molecule has 0 aliphatic rings. The van der Waals surface area contributed by atoms with Crippen molar-refractivity contribution < 1.29 is 9.42 Å². The highest BCUT2D eigenvalue weighted by molar-refractivity contribution is 7.22. The molecule has 0 saturated carbocycles. The van der Waals surface area contributed by atoms with Gasteiger partial charge in [0.25, 0.3) is 5.91 Å². The highest BCUT2D eigenvalue weighted by Crippen LogP contribution is 2.30. The van der Waals surface area contributed by atoms with E-state index in [-0.39, 0.29) is 11.5 Å². The molecule has 106 valence electrons. The van der Waals surface area contributed by atoms with Gasteiger partial charge in [-0.05, 0) is 33.9 Å². The molecule has 0 radical (unpaired) electrons. The maximum absolute atomic E-state index is 11.6. The molecule has 21 heavy (non-hydrogen) atoms. The minimum atomic E-state index is -0.569. The monoisotopic (exact) mass is 319 g/mol. The number of hydrogen-bond donors (Lipinski definition) is 2. The van der Waals surface area contributed by atoms with Crippen molar-refractivity contribution in [1.29, 1.82) is 0 Å². The smallest absolute Gasteiger partial charge is 0.297 e. The van der Waals surface area contributed by atoms with Crippen molar-refractivity contribution in [3.8, 4) is 9.75 Å². The van der Waals surface area contributed by atoms with Gasteiger partial charge in [-0.2, -0.15) is 5.10 Å². The van der Waals surface area contributed by atoms with E-state index >= 15 is 0 Å². The number of hydrazone groups is 1. The number of carbonyl (C=O) groups is 1. The maximum Gasteiger partial charge on any atom is 0.297 e. The first kappa shape index (κ1) is 13.5. The Morgan fingerprint density at radius 1 is 1.33 bits per heavy atom. The average molecular weight is 319 g/mol. The molecule has 0 aromatic carbocycles. The minimum Gasteiger partial charge on any atom is -0.379 e. The van der Waals surface area contributed by atoms with E-state index in [1.54, 1.807) is 28.9 Å². The van der Waals surface area contributed by atoms with Crippen LogP contribution < -0.4 is 11.2 Å². The first-order chi connectivity index (χ1) is 10.2. The van der Waals surface area contributed by atoms with Crippen molar-refractivity contribution >= 4 is 40.6 Å². The van der Waals surface area contributed by atoms with E-state index in [0.29, 0.717) is 0 Å². The quantitative estimate of drug-likeness (QED) is 0.566. The summed E-state index contributed by atoms with van der Waals surface area (Å²) in [6, 6.07) is 8.00. The predicted octanol–water partition coefficient (Wildman–Crippen LogP) is 2.21. The minimum absolute atomic E-state index is 0.0706. The molecule has 0 bridgehead atoms. The van der Waals surface area contributed by atoms with Crippen LogP contribution in [0.25, 0.3) is 9.75 Å². The summed E-state index contributed by atoms with van der Waals surface area (Å²) in [7, 11) is 0. The number of nitrogens with two attached hydrogens (primary N) is 1. The number of nitrogens with one attached hydrogen (secondary N) is 1. The van der Waals surface area contributed by atoms with E-state index in [1.165, 1.54) is 4.88 Å². The van der Waals surface area contributed by atoms with Crippen molar-refractivity contribution in [2.75, 3.05) is 5.73 Å². The Hall–Kier alpha value is -2.52. The lowest BCUT2D eigenvalue weighted by Crippen LogP contribution is -2.19. The highest BCUT2D eigenvalue weighted by Gasteiger charge is 2.14. The summed E-state index contributed by atoms with van der Waals surface area (Å²) in [5, 5.41) is 12.6. The summed E-state index contributed by atoms with van der Waals surface area (Å²) in [6.45, 7) is 0. The van der Waals surface area contributed by atoms with Gasteiger partial charge in [-0.15, -0.1) is 22.7 Å². The lowest BCUT2D eigenvalue weighted by Gasteiger charge is -1.93. The molecule has 3 N–H and O–H groups in total. The summed E-state index contributed by atoms with van der Waals surface area (Å²) in [5.41, 5.74) is 7.64. The Kier molecular flexibility index (Phi) is 3.75. The fraction of sp³-hybridized carbons (Fsp3) is 0. The number of hydrogen-bond acceptors (Lipinski definition) is 8.